The number of hydrogen-bond donors (Lipinski definition) is 0. The Morgan fingerprint density at radius 3 is 2.41 bits per heavy atom. The SMILES string of the molecule is [C-]#[N+]c1c(-c2ccc(-c3ccccc3F)cc2)c(C(=O)OCC)n(C)c1Br. The van der Waals surface area contributed by atoms with E-state index in [0.717, 1.165) is 0 Å². The van der Waals surface area contributed by atoms with E-state index in [9.17, 15) is 9.18 Å². The summed E-state index contributed by atoms with van der Waals surface area (Å²) >= 11 is 3.38. The highest BCUT2D eigenvalue weighted by Crippen LogP contribution is 2.42. The van der Waals surface area contributed by atoms with Gasteiger partial charge in [-0.3, -0.25) is 0 Å². The van der Waals surface area contributed by atoms with Crippen LogP contribution >= 0.6 is 15.9 Å². The number of ether oxygens (including phenoxy) is 1. The molecule has 0 atom stereocenters. The van der Waals surface area contributed by atoms with Crippen LogP contribution in [-0.4, -0.2) is 17.1 Å². The summed E-state index contributed by atoms with van der Waals surface area (Å²) in [6.45, 7) is 9.48. The van der Waals surface area contributed by atoms with Crippen molar-refractivity contribution in [3.8, 4) is 22.3 Å². The van der Waals surface area contributed by atoms with Gasteiger partial charge in [0.15, 0.2) is 0 Å². The third kappa shape index (κ3) is 3.38. The summed E-state index contributed by atoms with van der Waals surface area (Å²) in [5.41, 5.74) is 3.03. The highest BCUT2D eigenvalue weighted by molar-refractivity contribution is 9.10. The van der Waals surface area contributed by atoms with Crippen molar-refractivity contribution in [2.24, 2.45) is 7.05 Å². The molecule has 0 fully saturated rings. The van der Waals surface area contributed by atoms with Crippen LogP contribution < -0.4 is 0 Å². The molecule has 27 heavy (non-hydrogen) atoms. The highest BCUT2D eigenvalue weighted by Gasteiger charge is 2.26. The summed E-state index contributed by atoms with van der Waals surface area (Å²) in [6.07, 6.45) is 0. The average Bonchev–Trinajstić information content (AvgIpc) is 2.93. The summed E-state index contributed by atoms with van der Waals surface area (Å²) < 4.78 is 21.3. The minimum atomic E-state index is -0.496. The summed E-state index contributed by atoms with van der Waals surface area (Å²) in [4.78, 5) is 16.0. The smallest absolute Gasteiger partial charge is 0.354 e. The number of benzene rings is 2. The van der Waals surface area contributed by atoms with Crippen molar-refractivity contribution in [2.45, 2.75) is 6.92 Å². The fourth-order valence-corrected chi connectivity index (χ4v) is 3.43. The van der Waals surface area contributed by atoms with Crippen LogP contribution in [0.25, 0.3) is 27.1 Å². The molecule has 0 aliphatic carbocycles. The number of nitrogens with zero attached hydrogens (tertiary/aromatic N) is 2. The van der Waals surface area contributed by atoms with Crippen LogP contribution in [-0.2, 0) is 11.8 Å². The van der Waals surface area contributed by atoms with E-state index < -0.39 is 5.97 Å². The molecular formula is C21H16BrFN2O2. The molecule has 0 aliphatic heterocycles. The van der Waals surface area contributed by atoms with Crippen molar-refractivity contribution in [1.82, 2.24) is 4.57 Å². The van der Waals surface area contributed by atoms with Gasteiger partial charge in [-0.25, -0.2) is 14.0 Å². The topological polar surface area (TPSA) is 35.6 Å². The molecule has 0 N–H and O–H groups in total. The second-order valence-electron chi connectivity index (χ2n) is 5.81. The maximum absolute atomic E-state index is 14.0. The number of esters is 1. The molecule has 0 saturated heterocycles. The summed E-state index contributed by atoms with van der Waals surface area (Å²) in [6, 6.07) is 13.6. The van der Waals surface area contributed by atoms with E-state index in [1.54, 1.807) is 61.0 Å². The minimum absolute atomic E-state index is 0.237. The maximum Gasteiger partial charge on any atom is 0.354 e. The first kappa shape index (κ1) is 18.9. The third-order valence-corrected chi connectivity index (χ3v) is 5.15. The Morgan fingerprint density at radius 2 is 1.81 bits per heavy atom. The predicted molar refractivity (Wildman–Crippen MR) is 106 cm³/mol. The lowest BCUT2D eigenvalue weighted by molar-refractivity contribution is 0.0516. The normalized spacial score (nSPS) is 10.5. The molecule has 4 nitrogen and oxygen atoms in total. The first-order valence-corrected chi connectivity index (χ1v) is 9.07. The lowest BCUT2D eigenvalue weighted by Crippen LogP contribution is -2.11. The fourth-order valence-electron chi connectivity index (χ4n) is 2.97. The van der Waals surface area contributed by atoms with Gasteiger partial charge in [-0.05, 0) is 40.0 Å². The molecule has 0 aliphatic rings. The Morgan fingerprint density at radius 1 is 1.19 bits per heavy atom. The third-order valence-electron chi connectivity index (χ3n) is 4.24. The van der Waals surface area contributed by atoms with Crippen LogP contribution in [0.4, 0.5) is 10.1 Å². The molecule has 0 spiro atoms. The monoisotopic (exact) mass is 426 g/mol. The van der Waals surface area contributed by atoms with Gasteiger partial charge in [0.25, 0.3) is 0 Å². The van der Waals surface area contributed by atoms with Crippen LogP contribution in [0, 0.1) is 12.4 Å². The zero-order valence-electron chi connectivity index (χ0n) is 14.8. The number of aromatic nitrogens is 1. The van der Waals surface area contributed by atoms with Crippen molar-refractivity contribution >= 4 is 27.6 Å². The van der Waals surface area contributed by atoms with Gasteiger partial charge in [-0.1, -0.05) is 42.5 Å². The summed E-state index contributed by atoms with van der Waals surface area (Å²) in [5.74, 6) is -0.800. The molecule has 1 aromatic heterocycles. The van der Waals surface area contributed by atoms with Crippen molar-refractivity contribution in [3.63, 3.8) is 0 Å². The van der Waals surface area contributed by atoms with Gasteiger partial charge in [0, 0.05) is 18.2 Å². The average molecular weight is 427 g/mol. The number of carbonyl (C=O) groups is 1. The number of halogens is 2. The largest absolute Gasteiger partial charge is 0.461 e. The number of rotatable bonds is 4. The van der Waals surface area contributed by atoms with Gasteiger partial charge in [-0.2, -0.15) is 0 Å². The van der Waals surface area contributed by atoms with Crippen molar-refractivity contribution in [1.29, 1.82) is 0 Å². The lowest BCUT2D eigenvalue weighted by Gasteiger charge is -2.09. The Bertz CT molecular complexity index is 1050. The predicted octanol–water partition coefficient (Wildman–Crippen LogP) is 5.99. The van der Waals surface area contributed by atoms with Crippen LogP contribution in [0.1, 0.15) is 17.4 Å². The van der Waals surface area contributed by atoms with E-state index in [1.165, 1.54) is 6.07 Å². The van der Waals surface area contributed by atoms with Gasteiger partial charge in [0.1, 0.15) is 11.5 Å². The van der Waals surface area contributed by atoms with E-state index in [1.807, 2.05) is 0 Å². The standard InChI is InChI=1S/C21H16BrFN2O2/c1-4-27-21(26)19-17(18(24-2)20(22)25(19)3)14-11-9-13(10-12-14)15-7-5-6-8-16(15)23/h5-12H,4H2,1,3H3. The van der Waals surface area contributed by atoms with E-state index in [4.69, 9.17) is 11.3 Å². The number of carbonyl (C=O) groups excluding carboxylic acids is 1. The van der Waals surface area contributed by atoms with Gasteiger partial charge >= 0.3 is 5.97 Å². The van der Waals surface area contributed by atoms with E-state index in [0.29, 0.717) is 38.2 Å². The first-order valence-electron chi connectivity index (χ1n) is 8.27. The molecule has 1 heterocycles. The quantitative estimate of drug-likeness (QED) is 0.379. The van der Waals surface area contributed by atoms with Gasteiger partial charge in [-0.15, -0.1) is 0 Å². The molecule has 3 aromatic rings. The van der Waals surface area contributed by atoms with Gasteiger partial charge < -0.3 is 9.30 Å². The minimum Gasteiger partial charge on any atom is -0.461 e. The van der Waals surface area contributed by atoms with Crippen LogP contribution in [0.15, 0.2) is 53.1 Å². The lowest BCUT2D eigenvalue weighted by atomic mass is 9.99. The molecule has 0 amide bonds. The molecule has 2 aromatic carbocycles. The Kier molecular flexibility index (Phi) is 5.43. The second kappa shape index (κ2) is 7.77. The molecular weight excluding hydrogens is 411 g/mol. The van der Waals surface area contributed by atoms with Crippen LogP contribution in [0.3, 0.4) is 0 Å². The molecule has 0 saturated carbocycles. The van der Waals surface area contributed by atoms with E-state index in [-0.39, 0.29) is 12.4 Å². The molecule has 3 rings (SSSR count). The first-order chi connectivity index (χ1) is 13.0. The van der Waals surface area contributed by atoms with Crippen molar-refractivity contribution < 1.29 is 13.9 Å². The van der Waals surface area contributed by atoms with Crippen molar-refractivity contribution in [3.05, 3.63) is 76.1 Å². The van der Waals surface area contributed by atoms with E-state index in [2.05, 4.69) is 20.8 Å². The highest BCUT2D eigenvalue weighted by atomic mass is 79.9. The van der Waals surface area contributed by atoms with Crippen LogP contribution in [0.5, 0.6) is 0 Å². The fraction of sp³-hybridized carbons (Fsp3) is 0.143. The molecule has 136 valence electrons. The maximum atomic E-state index is 14.0. The molecule has 0 radical (unpaired) electrons. The molecule has 0 bridgehead atoms. The zero-order chi connectivity index (χ0) is 19.6. The molecule has 0 unspecified atom stereocenters. The Labute approximate surface area is 165 Å². The summed E-state index contributed by atoms with van der Waals surface area (Å²) in [7, 11) is 1.70. The Hall–Kier alpha value is -2.91. The van der Waals surface area contributed by atoms with Gasteiger partial charge in [0.2, 0.25) is 5.69 Å². The Balaban J connectivity index is 2.14. The zero-order valence-corrected chi connectivity index (χ0v) is 16.4. The number of hydrogen-bond acceptors (Lipinski definition) is 2. The van der Waals surface area contributed by atoms with Crippen molar-refractivity contribution in [2.75, 3.05) is 6.61 Å². The van der Waals surface area contributed by atoms with Crippen LogP contribution in [0.2, 0.25) is 0 Å². The van der Waals surface area contributed by atoms with E-state index >= 15 is 0 Å². The summed E-state index contributed by atoms with van der Waals surface area (Å²) in [5, 5.41) is 0. The second-order valence-corrected chi connectivity index (χ2v) is 6.56. The molecule has 6 heteroatoms. The van der Waals surface area contributed by atoms with Gasteiger partial charge in [0.05, 0.1) is 17.8 Å².